The van der Waals surface area contributed by atoms with Gasteiger partial charge in [-0.05, 0) is 26.3 Å². The van der Waals surface area contributed by atoms with E-state index in [1.807, 2.05) is 31.5 Å². The van der Waals surface area contributed by atoms with Gasteiger partial charge in [0, 0.05) is 38.5 Å². The first kappa shape index (κ1) is 23.8. The fourth-order valence-electron chi connectivity index (χ4n) is 3.66. The molecule has 2 N–H and O–H groups in total. The summed E-state index contributed by atoms with van der Waals surface area (Å²) in [5.74, 6) is 2.09. The third-order valence-corrected chi connectivity index (χ3v) is 5.11. The van der Waals surface area contributed by atoms with Crippen LogP contribution < -0.4 is 15.5 Å². The van der Waals surface area contributed by atoms with Crippen LogP contribution in [-0.4, -0.2) is 68.6 Å². The second-order valence-electron chi connectivity index (χ2n) is 7.31. The van der Waals surface area contributed by atoms with Gasteiger partial charge in [-0.15, -0.1) is 0 Å². The Balaban J connectivity index is 0.00000141. The van der Waals surface area contributed by atoms with E-state index >= 15 is 0 Å². The number of nitrogens with one attached hydrogen (secondary N) is 2. The summed E-state index contributed by atoms with van der Waals surface area (Å²) in [6.45, 7) is 14.8. The molecule has 0 amide bonds. The highest BCUT2D eigenvalue weighted by Crippen LogP contribution is 2.29. The lowest BCUT2D eigenvalue weighted by atomic mass is 10.2. The largest absolute Gasteiger partial charge is 0.380 e. The predicted octanol–water partition coefficient (Wildman–Crippen LogP) is 2.78. The van der Waals surface area contributed by atoms with E-state index in [1.54, 1.807) is 6.20 Å². The van der Waals surface area contributed by atoms with Crippen LogP contribution >= 0.6 is 0 Å². The summed E-state index contributed by atoms with van der Waals surface area (Å²) in [4.78, 5) is 20.4. The second-order valence-corrected chi connectivity index (χ2v) is 7.31. The van der Waals surface area contributed by atoms with Crippen LogP contribution in [0.4, 0.5) is 17.6 Å². The summed E-state index contributed by atoms with van der Waals surface area (Å²) in [6.07, 6.45) is 4.01. The van der Waals surface area contributed by atoms with Gasteiger partial charge in [-0.3, -0.25) is 4.68 Å². The van der Waals surface area contributed by atoms with Crippen molar-refractivity contribution in [2.75, 3.05) is 43.1 Å². The van der Waals surface area contributed by atoms with Gasteiger partial charge < -0.3 is 20.3 Å². The van der Waals surface area contributed by atoms with Crippen LogP contribution in [0.2, 0.25) is 0 Å². The lowest BCUT2D eigenvalue weighted by Gasteiger charge is -2.32. The first-order valence-electron chi connectivity index (χ1n) is 11.6. The maximum Gasteiger partial charge on any atom is 0.228 e. The summed E-state index contributed by atoms with van der Waals surface area (Å²) < 4.78 is 7.50. The third-order valence-electron chi connectivity index (χ3n) is 5.11. The highest BCUT2D eigenvalue weighted by Gasteiger charge is 2.23. The molecule has 10 nitrogen and oxygen atoms in total. The quantitative estimate of drug-likeness (QED) is 0.510. The van der Waals surface area contributed by atoms with Crippen molar-refractivity contribution in [2.24, 2.45) is 0 Å². The molecule has 1 fully saturated rings. The Labute approximate surface area is 189 Å². The Kier molecular flexibility index (Phi) is 8.69. The number of anilines is 3. The standard InChI is InChI=1S/C20H29N9O.C2H6/c1-4-15-17-18(29(27-15)10-11-30-5-2)19(24-16-6-7-21-13-23-16)26-20(25-17)28-9-8-22-14(3)12-28;1-2/h6-7,13-14,22H,4-5,8-12H2,1-3H3,(H,21,23,24,25,26);1-2H3. The summed E-state index contributed by atoms with van der Waals surface area (Å²) in [6, 6.07) is 2.21. The van der Waals surface area contributed by atoms with Crippen LogP contribution in [0.25, 0.3) is 11.0 Å². The van der Waals surface area contributed by atoms with E-state index in [4.69, 9.17) is 19.8 Å². The topological polar surface area (TPSA) is 106 Å². The van der Waals surface area contributed by atoms with Crippen LogP contribution in [-0.2, 0) is 17.7 Å². The summed E-state index contributed by atoms with van der Waals surface area (Å²) in [5, 5.41) is 11.6. The fraction of sp³-hybridized carbons (Fsp3) is 0.591. The zero-order valence-electron chi connectivity index (χ0n) is 19.8. The number of fused-ring (bicyclic) bond motifs is 1. The van der Waals surface area contributed by atoms with Gasteiger partial charge in [-0.25, -0.2) is 15.0 Å². The molecule has 0 radical (unpaired) electrons. The van der Waals surface area contributed by atoms with Crippen molar-refractivity contribution >= 4 is 28.6 Å². The second kappa shape index (κ2) is 11.7. The molecule has 3 aromatic heterocycles. The Bertz CT molecular complexity index is 976. The van der Waals surface area contributed by atoms with Crippen LogP contribution in [0.15, 0.2) is 18.6 Å². The van der Waals surface area contributed by atoms with Crippen molar-refractivity contribution in [1.29, 1.82) is 0 Å². The van der Waals surface area contributed by atoms with Crippen molar-refractivity contribution in [3.8, 4) is 0 Å². The first-order chi connectivity index (χ1) is 15.7. The molecule has 4 heterocycles. The molecule has 0 bridgehead atoms. The minimum absolute atomic E-state index is 0.385. The van der Waals surface area contributed by atoms with Crippen LogP contribution in [0, 0.1) is 0 Å². The average molecular weight is 442 g/mol. The molecule has 1 aliphatic rings. The van der Waals surface area contributed by atoms with Crippen molar-refractivity contribution < 1.29 is 4.74 Å². The molecule has 1 atom stereocenters. The molecule has 0 saturated carbocycles. The molecule has 1 unspecified atom stereocenters. The molecule has 0 spiro atoms. The first-order valence-corrected chi connectivity index (χ1v) is 11.6. The zero-order valence-corrected chi connectivity index (χ0v) is 19.8. The molecule has 0 aliphatic carbocycles. The molecule has 1 saturated heterocycles. The van der Waals surface area contributed by atoms with E-state index in [0.717, 1.165) is 42.8 Å². The van der Waals surface area contributed by atoms with Gasteiger partial charge in [0.2, 0.25) is 5.95 Å². The predicted molar refractivity (Wildman–Crippen MR) is 128 cm³/mol. The molecule has 174 valence electrons. The number of ether oxygens (including phenoxy) is 1. The Morgan fingerprint density at radius 3 is 2.78 bits per heavy atom. The fourth-order valence-corrected chi connectivity index (χ4v) is 3.66. The van der Waals surface area contributed by atoms with E-state index in [-0.39, 0.29) is 0 Å². The van der Waals surface area contributed by atoms with Gasteiger partial charge in [-0.1, -0.05) is 20.8 Å². The Morgan fingerprint density at radius 1 is 1.25 bits per heavy atom. The molecular weight excluding hydrogens is 406 g/mol. The van der Waals surface area contributed by atoms with E-state index in [9.17, 15) is 0 Å². The number of aromatic nitrogens is 6. The normalized spacial score (nSPS) is 16.0. The van der Waals surface area contributed by atoms with Crippen LogP contribution in [0.1, 0.15) is 40.3 Å². The zero-order chi connectivity index (χ0) is 22.9. The third kappa shape index (κ3) is 5.49. The SMILES string of the molecule is CC.CCOCCn1nc(CC)c2nc(N3CCNC(C)C3)nc(Nc3ccncn3)c21. The molecular formula is C22H35N9O. The summed E-state index contributed by atoms with van der Waals surface area (Å²) in [7, 11) is 0. The number of hydrogen-bond donors (Lipinski definition) is 2. The Morgan fingerprint density at radius 2 is 2.09 bits per heavy atom. The minimum atomic E-state index is 0.385. The van der Waals surface area contributed by atoms with Gasteiger partial charge >= 0.3 is 0 Å². The number of rotatable bonds is 8. The van der Waals surface area contributed by atoms with E-state index < -0.39 is 0 Å². The lowest BCUT2D eigenvalue weighted by molar-refractivity contribution is 0.137. The van der Waals surface area contributed by atoms with Crippen molar-refractivity contribution in [1.82, 2.24) is 35.0 Å². The average Bonchev–Trinajstić information content (AvgIpc) is 3.19. The van der Waals surface area contributed by atoms with Gasteiger partial charge in [-0.2, -0.15) is 10.1 Å². The molecule has 3 aromatic rings. The number of hydrogen-bond acceptors (Lipinski definition) is 9. The summed E-state index contributed by atoms with van der Waals surface area (Å²) in [5.41, 5.74) is 2.71. The van der Waals surface area contributed by atoms with Crippen molar-refractivity contribution in [3.05, 3.63) is 24.3 Å². The molecule has 10 heteroatoms. The molecule has 32 heavy (non-hydrogen) atoms. The van der Waals surface area contributed by atoms with Crippen LogP contribution in [0.5, 0.6) is 0 Å². The maximum atomic E-state index is 5.56. The molecule has 1 aliphatic heterocycles. The van der Waals surface area contributed by atoms with E-state index in [0.29, 0.717) is 43.4 Å². The van der Waals surface area contributed by atoms with Crippen LogP contribution in [0.3, 0.4) is 0 Å². The molecule has 4 rings (SSSR count). The number of aryl methyl sites for hydroxylation is 1. The van der Waals surface area contributed by atoms with Gasteiger partial charge in [0.25, 0.3) is 0 Å². The smallest absolute Gasteiger partial charge is 0.228 e. The Hall–Kier alpha value is -2.85. The summed E-state index contributed by atoms with van der Waals surface area (Å²) >= 11 is 0. The monoisotopic (exact) mass is 441 g/mol. The number of nitrogens with zero attached hydrogens (tertiary/aromatic N) is 7. The number of piperazine rings is 1. The minimum Gasteiger partial charge on any atom is -0.380 e. The lowest BCUT2D eigenvalue weighted by Crippen LogP contribution is -2.49. The highest BCUT2D eigenvalue weighted by atomic mass is 16.5. The van der Waals surface area contributed by atoms with Gasteiger partial charge in [0.05, 0.1) is 18.8 Å². The molecule has 0 aromatic carbocycles. The maximum absolute atomic E-state index is 5.56. The highest BCUT2D eigenvalue weighted by molar-refractivity contribution is 5.90. The van der Waals surface area contributed by atoms with Crippen molar-refractivity contribution in [3.63, 3.8) is 0 Å². The van der Waals surface area contributed by atoms with Crippen molar-refractivity contribution in [2.45, 2.75) is 53.6 Å². The van der Waals surface area contributed by atoms with Gasteiger partial charge in [0.1, 0.15) is 23.2 Å². The van der Waals surface area contributed by atoms with Gasteiger partial charge in [0.15, 0.2) is 5.82 Å². The van der Waals surface area contributed by atoms with E-state index in [2.05, 4.69) is 39.3 Å². The van der Waals surface area contributed by atoms with E-state index in [1.165, 1.54) is 6.33 Å².